The number of aromatic nitrogens is 3. The van der Waals surface area contributed by atoms with Crippen molar-refractivity contribution in [1.29, 1.82) is 0 Å². The van der Waals surface area contributed by atoms with E-state index in [1.165, 1.54) is 11.8 Å². The third-order valence-corrected chi connectivity index (χ3v) is 5.06. The molecule has 7 heteroatoms. The molecule has 1 amide bonds. The molecule has 1 aromatic heterocycles. The maximum absolute atomic E-state index is 12.2. The number of carbonyl (C=O) groups is 1. The molecular weight excluding hydrogens is 380 g/mol. The van der Waals surface area contributed by atoms with E-state index in [1.54, 1.807) is 30.3 Å². The van der Waals surface area contributed by atoms with E-state index < -0.39 is 0 Å². The van der Waals surface area contributed by atoms with E-state index in [0.717, 1.165) is 17.0 Å². The summed E-state index contributed by atoms with van der Waals surface area (Å²) in [5, 5.41) is 12.7. The Morgan fingerprint density at radius 3 is 2.81 bits per heavy atom. The van der Waals surface area contributed by atoms with Crippen LogP contribution in [-0.4, -0.2) is 26.4 Å². The lowest BCUT2D eigenvalue weighted by atomic mass is 10.1. The Balaban J connectivity index is 1.74. The Hall–Kier alpha value is -2.57. The van der Waals surface area contributed by atoms with Crippen molar-refractivity contribution in [2.75, 3.05) is 11.1 Å². The summed E-state index contributed by atoms with van der Waals surface area (Å²) < 4.78 is 1.96. The first kappa shape index (κ1) is 19.2. The second-order valence-electron chi connectivity index (χ2n) is 5.87. The highest BCUT2D eigenvalue weighted by molar-refractivity contribution is 7.99. The molecular formula is C20H19ClN4OS. The Labute approximate surface area is 167 Å². The number of nitrogens with one attached hydrogen (secondary N) is 1. The number of benzene rings is 2. The number of hydrogen-bond donors (Lipinski definition) is 1. The second kappa shape index (κ2) is 8.88. The first-order valence-corrected chi connectivity index (χ1v) is 9.73. The van der Waals surface area contributed by atoms with Crippen molar-refractivity contribution in [2.45, 2.75) is 18.6 Å². The Morgan fingerprint density at radius 1 is 1.26 bits per heavy atom. The number of hydrogen-bond acceptors (Lipinski definition) is 4. The van der Waals surface area contributed by atoms with Gasteiger partial charge >= 0.3 is 0 Å². The van der Waals surface area contributed by atoms with Gasteiger partial charge in [-0.2, -0.15) is 0 Å². The van der Waals surface area contributed by atoms with Gasteiger partial charge in [0.2, 0.25) is 5.91 Å². The molecule has 0 radical (unpaired) electrons. The van der Waals surface area contributed by atoms with Gasteiger partial charge in [0, 0.05) is 22.8 Å². The second-order valence-corrected chi connectivity index (χ2v) is 7.25. The smallest absolute Gasteiger partial charge is 0.234 e. The molecule has 0 aliphatic rings. The lowest BCUT2D eigenvalue weighted by Crippen LogP contribution is -2.14. The van der Waals surface area contributed by atoms with Crippen molar-refractivity contribution in [3.8, 4) is 11.4 Å². The van der Waals surface area contributed by atoms with E-state index in [4.69, 9.17) is 11.6 Å². The highest BCUT2D eigenvalue weighted by Crippen LogP contribution is 2.26. The van der Waals surface area contributed by atoms with E-state index in [2.05, 4.69) is 22.1 Å². The molecule has 0 aliphatic carbocycles. The summed E-state index contributed by atoms with van der Waals surface area (Å²) in [6, 6.07) is 15.1. The van der Waals surface area contributed by atoms with Gasteiger partial charge in [0.1, 0.15) is 0 Å². The Morgan fingerprint density at radius 2 is 2.07 bits per heavy atom. The number of thioether (sulfide) groups is 1. The number of anilines is 1. The topological polar surface area (TPSA) is 59.8 Å². The largest absolute Gasteiger partial charge is 0.325 e. The predicted molar refractivity (Wildman–Crippen MR) is 111 cm³/mol. The molecule has 27 heavy (non-hydrogen) atoms. The molecule has 0 atom stereocenters. The molecule has 0 aliphatic heterocycles. The number of nitrogens with zero attached hydrogens (tertiary/aromatic N) is 3. The SMILES string of the molecule is C=CCn1c(SCC(=O)Nc2cccc(Cl)c2)nnc1-c1ccccc1C. The standard InChI is InChI=1S/C20H19ClN4OS/c1-3-11-25-19(17-10-5-4-7-14(17)2)23-24-20(25)27-13-18(26)22-16-9-6-8-15(21)12-16/h3-10,12H,1,11,13H2,2H3,(H,22,26). The molecule has 0 saturated carbocycles. The zero-order valence-corrected chi connectivity index (χ0v) is 16.4. The van der Waals surface area contributed by atoms with E-state index in [0.29, 0.717) is 22.4 Å². The lowest BCUT2D eigenvalue weighted by molar-refractivity contribution is -0.113. The zero-order valence-electron chi connectivity index (χ0n) is 14.9. The van der Waals surface area contributed by atoms with Crippen LogP contribution in [0.5, 0.6) is 0 Å². The highest BCUT2D eigenvalue weighted by atomic mass is 35.5. The fraction of sp³-hybridized carbons (Fsp3) is 0.150. The summed E-state index contributed by atoms with van der Waals surface area (Å²) in [6.45, 7) is 6.42. The fourth-order valence-electron chi connectivity index (χ4n) is 2.61. The summed E-state index contributed by atoms with van der Waals surface area (Å²) in [7, 11) is 0. The average Bonchev–Trinajstić information content (AvgIpc) is 3.03. The number of halogens is 1. The molecule has 2 aromatic carbocycles. The summed E-state index contributed by atoms with van der Waals surface area (Å²) in [4.78, 5) is 12.2. The van der Waals surface area contributed by atoms with Crippen LogP contribution in [0.25, 0.3) is 11.4 Å². The molecule has 138 valence electrons. The molecule has 5 nitrogen and oxygen atoms in total. The first-order chi connectivity index (χ1) is 13.1. The van der Waals surface area contributed by atoms with Crippen molar-refractivity contribution in [3.05, 3.63) is 71.8 Å². The first-order valence-electron chi connectivity index (χ1n) is 8.37. The van der Waals surface area contributed by atoms with Crippen LogP contribution in [-0.2, 0) is 11.3 Å². The Kier molecular flexibility index (Phi) is 6.32. The summed E-state index contributed by atoms with van der Waals surface area (Å²) in [6.07, 6.45) is 1.79. The van der Waals surface area contributed by atoms with Crippen LogP contribution in [0.1, 0.15) is 5.56 Å². The van der Waals surface area contributed by atoms with Crippen LogP contribution in [0.4, 0.5) is 5.69 Å². The van der Waals surface area contributed by atoms with Gasteiger partial charge in [0.25, 0.3) is 0 Å². The number of carbonyl (C=O) groups excluding carboxylic acids is 1. The maximum Gasteiger partial charge on any atom is 0.234 e. The van der Waals surface area contributed by atoms with Gasteiger partial charge in [-0.1, -0.05) is 59.8 Å². The van der Waals surface area contributed by atoms with Gasteiger partial charge < -0.3 is 5.32 Å². The predicted octanol–water partition coefficient (Wildman–Crippen LogP) is 4.82. The van der Waals surface area contributed by atoms with Gasteiger partial charge in [0.15, 0.2) is 11.0 Å². The minimum atomic E-state index is -0.132. The molecule has 3 rings (SSSR count). The van der Waals surface area contributed by atoms with E-state index in [1.807, 2.05) is 35.8 Å². The number of aryl methyl sites for hydroxylation is 1. The number of allylic oxidation sites excluding steroid dienone is 1. The quantitative estimate of drug-likeness (QED) is 0.457. The van der Waals surface area contributed by atoms with Gasteiger partial charge in [0.05, 0.1) is 5.75 Å². The minimum absolute atomic E-state index is 0.132. The van der Waals surface area contributed by atoms with Crippen molar-refractivity contribution < 1.29 is 4.79 Å². The fourth-order valence-corrected chi connectivity index (χ4v) is 3.54. The molecule has 0 saturated heterocycles. The van der Waals surface area contributed by atoms with Crippen LogP contribution in [0, 0.1) is 6.92 Å². The van der Waals surface area contributed by atoms with Crippen molar-refractivity contribution >= 4 is 35.0 Å². The van der Waals surface area contributed by atoms with Gasteiger partial charge in [-0.05, 0) is 30.7 Å². The highest BCUT2D eigenvalue weighted by Gasteiger charge is 2.16. The Bertz CT molecular complexity index is 970. The number of amides is 1. The van der Waals surface area contributed by atoms with Crippen LogP contribution < -0.4 is 5.32 Å². The van der Waals surface area contributed by atoms with Crippen molar-refractivity contribution in [3.63, 3.8) is 0 Å². The van der Waals surface area contributed by atoms with Gasteiger partial charge in [-0.3, -0.25) is 9.36 Å². The van der Waals surface area contributed by atoms with Crippen LogP contribution in [0.15, 0.2) is 66.3 Å². The third kappa shape index (κ3) is 4.78. The monoisotopic (exact) mass is 398 g/mol. The average molecular weight is 399 g/mol. The molecule has 0 spiro atoms. The molecule has 0 unspecified atom stereocenters. The molecule has 0 bridgehead atoms. The maximum atomic E-state index is 12.2. The summed E-state index contributed by atoms with van der Waals surface area (Å²) in [5.41, 5.74) is 2.80. The number of rotatable bonds is 7. The summed E-state index contributed by atoms with van der Waals surface area (Å²) >= 11 is 7.28. The molecule has 1 heterocycles. The van der Waals surface area contributed by atoms with Crippen LogP contribution >= 0.6 is 23.4 Å². The van der Waals surface area contributed by atoms with E-state index in [9.17, 15) is 4.79 Å². The normalized spacial score (nSPS) is 10.6. The van der Waals surface area contributed by atoms with Crippen LogP contribution in [0.2, 0.25) is 5.02 Å². The lowest BCUT2D eigenvalue weighted by Gasteiger charge is -2.09. The van der Waals surface area contributed by atoms with Crippen molar-refractivity contribution in [1.82, 2.24) is 14.8 Å². The molecule has 1 N–H and O–H groups in total. The third-order valence-electron chi connectivity index (χ3n) is 3.86. The van der Waals surface area contributed by atoms with E-state index in [-0.39, 0.29) is 11.7 Å². The van der Waals surface area contributed by atoms with Gasteiger partial charge in [-0.15, -0.1) is 16.8 Å². The molecule has 3 aromatic rings. The van der Waals surface area contributed by atoms with Gasteiger partial charge in [-0.25, -0.2) is 0 Å². The zero-order chi connectivity index (χ0) is 19.2. The van der Waals surface area contributed by atoms with Crippen molar-refractivity contribution in [2.24, 2.45) is 0 Å². The minimum Gasteiger partial charge on any atom is -0.325 e. The van der Waals surface area contributed by atoms with E-state index >= 15 is 0 Å². The molecule has 0 fully saturated rings. The van der Waals surface area contributed by atoms with Crippen LogP contribution in [0.3, 0.4) is 0 Å². The summed E-state index contributed by atoms with van der Waals surface area (Å²) in [5.74, 6) is 0.855.